The van der Waals surface area contributed by atoms with E-state index in [-0.39, 0.29) is 5.75 Å². The molecule has 18 heavy (non-hydrogen) atoms. The Hall–Kier alpha value is -0.820. The number of phenols is 1. The van der Waals surface area contributed by atoms with Gasteiger partial charge in [0.05, 0.1) is 6.26 Å². The highest BCUT2D eigenvalue weighted by Crippen LogP contribution is 2.20. The Morgan fingerprint density at radius 3 is 2.72 bits per heavy atom. The van der Waals surface area contributed by atoms with E-state index >= 15 is 0 Å². The molecule has 0 saturated heterocycles. The Kier molecular flexibility index (Phi) is 5.87. The van der Waals surface area contributed by atoms with Gasteiger partial charge in [-0.25, -0.2) is 13.1 Å². The second-order valence-corrected chi connectivity index (χ2v) is 6.24. The van der Waals surface area contributed by atoms with Crippen LogP contribution in [0.3, 0.4) is 0 Å². The summed E-state index contributed by atoms with van der Waals surface area (Å²) in [5, 5.41) is 13.2. The van der Waals surface area contributed by atoms with E-state index < -0.39 is 10.0 Å². The molecule has 0 aromatic heterocycles. The minimum Gasteiger partial charge on any atom is -0.508 e. The van der Waals surface area contributed by atoms with Crippen LogP contribution in [0.15, 0.2) is 18.2 Å². The van der Waals surface area contributed by atoms with Gasteiger partial charge in [0.1, 0.15) is 5.75 Å². The van der Waals surface area contributed by atoms with Gasteiger partial charge in [0, 0.05) is 23.7 Å². The molecule has 0 aliphatic carbocycles. The Morgan fingerprint density at radius 2 is 2.06 bits per heavy atom. The molecule has 102 valence electrons. The smallest absolute Gasteiger partial charge is 0.208 e. The first-order valence-corrected chi connectivity index (χ1v) is 7.78. The highest BCUT2D eigenvalue weighted by molar-refractivity contribution is 7.88. The zero-order valence-corrected chi connectivity index (χ0v) is 11.7. The normalized spacial score (nSPS) is 11.7. The highest BCUT2D eigenvalue weighted by atomic mass is 35.5. The van der Waals surface area contributed by atoms with Crippen LogP contribution in [0.5, 0.6) is 5.75 Å². The van der Waals surface area contributed by atoms with Crippen molar-refractivity contribution in [3.05, 3.63) is 28.8 Å². The zero-order chi connectivity index (χ0) is 13.6. The fraction of sp³-hybridized carbons (Fsp3) is 0.455. The van der Waals surface area contributed by atoms with Gasteiger partial charge in [0.25, 0.3) is 0 Å². The molecule has 5 nitrogen and oxygen atoms in total. The summed E-state index contributed by atoms with van der Waals surface area (Å²) in [7, 11) is -3.11. The Labute approximate surface area is 112 Å². The minimum absolute atomic E-state index is 0.196. The molecule has 0 saturated carbocycles. The summed E-state index contributed by atoms with van der Waals surface area (Å²) in [5.74, 6) is 0.196. The molecule has 3 N–H and O–H groups in total. The topological polar surface area (TPSA) is 78.4 Å². The summed E-state index contributed by atoms with van der Waals surface area (Å²) < 4.78 is 24.0. The first-order chi connectivity index (χ1) is 8.38. The molecule has 0 bridgehead atoms. The largest absolute Gasteiger partial charge is 0.508 e. The van der Waals surface area contributed by atoms with Crippen LogP contribution < -0.4 is 10.0 Å². The van der Waals surface area contributed by atoms with E-state index in [0.29, 0.717) is 31.1 Å². The van der Waals surface area contributed by atoms with Crippen LogP contribution in [0.1, 0.15) is 12.0 Å². The van der Waals surface area contributed by atoms with Crippen molar-refractivity contribution in [1.29, 1.82) is 0 Å². The molecule has 0 unspecified atom stereocenters. The number of hydrogen-bond acceptors (Lipinski definition) is 4. The highest BCUT2D eigenvalue weighted by Gasteiger charge is 2.02. The van der Waals surface area contributed by atoms with Crippen molar-refractivity contribution in [3.8, 4) is 5.75 Å². The van der Waals surface area contributed by atoms with Gasteiger partial charge in [-0.1, -0.05) is 11.6 Å². The summed E-state index contributed by atoms with van der Waals surface area (Å²) in [6.07, 6.45) is 1.80. The van der Waals surface area contributed by atoms with Gasteiger partial charge in [0.15, 0.2) is 0 Å². The molecule has 0 spiro atoms. The number of phenolic OH excluding ortho intramolecular Hbond substituents is 1. The lowest BCUT2D eigenvalue weighted by Gasteiger charge is -2.07. The fourth-order valence-electron chi connectivity index (χ4n) is 1.39. The summed E-state index contributed by atoms with van der Waals surface area (Å²) >= 11 is 5.81. The third-order valence-corrected chi connectivity index (χ3v) is 3.22. The molecule has 0 radical (unpaired) electrons. The van der Waals surface area contributed by atoms with Gasteiger partial charge in [-0.15, -0.1) is 0 Å². The van der Waals surface area contributed by atoms with Gasteiger partial charge in [-0.05, 0) is 31.2 Å². The predicted molar refractivity (Wildman–Crippen MR) is 72.3 cm³/mol. The van der Waals surface area contributed by atoms with Gasteiger partial charge in [0.2, 0.25) is 10.0 Å². The number of benzene rings is 1. The Morgan fingerprint density at radius 1 is 1.33 bits per heavy atom. The second kappa shape index (κ2) is 6.94. The summed E-state index contributed by atoms with van der Waals surface area (Å²) in [5.41, 5.74) is 0.721. The average molecular weight is 293 g/mol. The van der Waals surface area contributed by atoms with E-state index in [9.17, 15) is 13.5 Å². The lowest BCUT2D eigenvalue weighted by atomic mass is 10.2. The van der Waals surface area contributed by atoms with Gasteiger partial charge >= 0.3 is 0 Å². The van der Waals surface area contributed by atoms with Crippen molar-refractivity contribution in [3.63, 3.8) is 0 Å². The van der Waals surface area contributed by atoms with E-state index in [0.717, 1.165) is 11.8 Å². The zero-order valence-electron chi connectivity index (χ0n) is 10.1. The molecule has 7 heteroatoms. The molecule has 1 aromatic carbocycles. The Bertz CT molecular complexity index is 491. The number of halogens is 1. The maximum Gasteiger partial charge on any atom is 0.208 e. The molecule has 0 amide bonds. The third kappa shape index (κ3) is 6.20. The van der Waals surface area contributed by atoms with Crippen molar-refractivity contribution in [2.24, 2.45) is 0 Å². The SMILES string of the molecule is CS(=O)(=O)NCCCNCc1cc(Cl)ccc1O. The van der Waals surface area contributed by atoms with Crippen LogP contribution in [-0.2, 0) is 16.6 Å². The van der Waals surface area contributed by atoms with Crippen molar-refractivity contribution in [2.45, 2.75) is 13.0 Å². The quantitative estimate of drug-likeness (QED) is 0.657. The average Bonchev–Trinajstić information content (AvgIpc) is 2.26. The molecule has 0 heterocycles. The predicted octanol–water partition coefficient (Wildman–Crippen LogP) is 1.07. The van der Waals surface area contributed by atoms with Crippen LogP contribution in [0.4, 0.5) is 0 Å². The number of rotatable bonds is 7. The van der Waals surface area contributed by atoms with Crippen molar-refractivity contribution < 1.29 is 13.5 Å². The standard InChI is InChI=1S/C11H17ClN2O3S/c1-18(16,17)14-6-2-5-13-8-9-7-10(12)3-4-11(9)15/h3-4,7,13-15H,2,5-6,8H2,1H3. The van der Waals surface area contributed by atoms with Crippen LogP contribution in [0, 0.1) is 0 Å². The van der Waals surface area contributed by atoms with Crippen molar-refractivity contribution in [2.75, 3.05) is 19.3 Å². The molecular weight excluding hydrogens is 276 g/mol. The summed E-state index contributed by atoms with van der Waals surface area (Å²) in [6, 6.07) is 4.86. The van der Waals surface area contributed by atoms with E-state index in [1.165, 1.54) is 0 Å². The summed E-state index contributed by atoms with van der Waals surface area (Å²) in [6.45, 7) is 1.53. The fourth-order valence-corrected chi connectivity index (χ4v) is 2.10. The second-order valence-electron chi connectivity index (χ2n) is 3.97. The monoisotopic (exact) mass is 292 g/mol. The lowest BCUT2D eigenvalue weighted by molar-refractivity contribution is 0.464. The van der Waals surface area contributed by atoms with Crippen LogP contribution in [0.2, 0.25) is 5.02 Å². The molecule has 0 aliphatic rings. The number of sulfonamides is 1. The minimum atomic E-state index is -3.11. The maximum absolute atomic E-state index is 10.8. The third-order valence-electron chi connectivity index (χ3n) is 2.25. The molecular formula is C11H17ClN2O3S. The molecule has 0 fully saturated rings. The summed E-state index contributed by atoms with van der Waals surface area (Å²) in [4.78, 5) is 0. The maximum atomic E-state index is 10.8. The first kappa shape index (κ1) is 15.2. The van der Waals surface area contributed by atoms with Gasteiger partial charge < -0.3 is 10.4 Å². The van der Waals surface area contributed by atoms with Crippen LogP contribution in [0.25, 0.3) is 0 Å². The number of hydrogen-bond donors (Lipinski definition) is 3. The van der Waals surface area contributed by atoms with E-state index in [1.54, 1.807) is 18.2 Å². The number of aromatic hydroxyl groups is 1. The molecule has 1 aromatic rings. The van der Waals surface area contributed by atoms with E-state index in [1.807, 2.05) is 0 Å². The molecule has 1 rings (SSSR count). The van der Waals surface area contributed by atoms with E-state index in [4.69, 9.17) is 11.6 Å². The molecule has 0 atom stereocenters. The van der Waals surface area contributed by atoms with E-state index in [2.05, 4.69) is 10.0 Å². The van der Waals surface area contributed by atoms with Gasteiger partial charge in [-0.3, -0.25) is 0 Å². The lowest BCUT2D eigenvalue weighted by Crippen LogP contribution is -2.26. The van der Waals surface area contributed by atoms with Gasteiger partial charge in [-0.2, -0.15) is 0 Å². The van der Waals surface area contributed by atoms with Crippen molar-refractivity contribution in [1.82, 2.24) is 10.0 Å². The first-order valence-electron chi connectivity index (χ1n) is 5.51. The van der Waals surface area contributed by atoms with Crippen LogP contribution >= 0.6 is 11.6 Å². The van der Waals surface area contributed by atoms with Crippen LogP contribution in [-0.4, -0.2) is 32.9 Å². The number of nitrogens with one attached hydrogen (secondary N) is 2. The Balaban J connectivity index is 2.24. The molecule has 0 aliphatic heterocycles. The van der Waals surface area contributed by atoms with Crippen molar-refractivity contribution >= 4 is 21.6 Å².